The second-order valence-corrected chi connectivity index (χ2v) is 4.83. The second kappa shape index (κ2) is 8.27. The van der Waals surface area contributed by atoms with Gasteiger partial charge >= 0.3 is 0 Å². The average molecular weight is 244 g/mol. The lowest BCUT2D eigenvalue weighted by Crippen LogP contribution is -2.31. The van der Waals surface area contributed by atoms with Gasteiger partial charge in [0.25, 0.3) is 10.2 Å². The maximum atomic E-state index is 10.2. The molecule has 0 amide bonds. The third kappa shape index (κ3) is 11.2. The number of rotatable bonds is 4. The molecule has 0 unspecified atom stereocenters. The summed E-state index contributed by atoms with van der Waals surface area (Å²) >= 11 is 0. The Hall–Kier alpha value is -0.910. The molecule has 1 aromatic carbocycles. The molecule has 1 rings (SSSR count). The van der Waals surface area contributed by atoms with Crippen LogP contribution in [0.1, 0.15) is 25.3 Å². The fraction of sp³-hybridized carbons (Fsp3) is 0.455. The van der Waals surface area contributed by atoms with Gasteiger partial charge in [0.2, 0.25) is 0 Å². The van der Waals surface area contributed by atoms with E-state index in [0.29, 0.717) is 6.54 Å². The number of nitrogens with two attached hydrogens (primary N) is 1. The van der Waals surface area contributed by atoms with Crippen LogP contribution in [-0.4, -0.2) is 15.0 Å². The number of hydrogen-bond donors (Lipinski definition) is 2. The van der Waals surface area contributed by atoms with E-state index in [9.17, 15) is 8.42 Å². The molecule has 0 saturated carbocycles. The minimum Gasteiger partial charge on any atom is -0.216 e. The van der Waals surface area contributed by atoms with Gasteiger partial charge in [0.15, 0.2) is 0 Å². The van der Waals surface area contributed by atoms with Crippen molar-refractivity contribution in [3.63, 3.8) is 0 Å². The molecule has 16 heavy (non-hydrogen) atoms. The lowest BCUT2D eigenvalue weighted by Gasteiger charge is -1.97. The molecule has 0 atom stereocenters. The monoisotopic (exact) mass is 244 g/mol. The van der Waals surface area contributed by atoms with E-state index in [2.05, 4.69) is 28.9 Å². The Morgan fingerprint density at radius 1 is 1.25 bits per heavy atom. The van der Waals surface area contributed by atoms with Crippen molar-refractivity contribution in [2.45, 2.75) is 26.7 Å². The predicted octanol–water partition coefficient (Wildman–Crippen LogP) is 1.57. The van der Waals surface area contributed by atoms with Gasteiger partial charge in [-0.15, -0.1) is 0 Å². The van der Waals surface area contributed by atoms with E-state index in [4.69, 9.17) is 0 Å². The van der Waals surface area contributed by atoms with E-state index < -0.39 is 10.2 Å². The van der Waals surface area contributed by atoms with Crippen LogP contribution < -0.4 is 9.86 Å². The van der Waals surface area contributed by atoms with E-state index in [1.165, 1.54) is 5.56 Å². The van der Waals surface area contributed by atoms with Crippen LogP contribution in [0.5, 0.6) is 0 Å². The van der Waals surface area contributed by atoms with Crippen molar-refractivity contribution in [3.8, 4) is 0 Å². The van der Waals surface area contributed by atoms with Crippen molar-refractivity contribution in [2.75, 3.05) is 6.54 Å². The molecular weight excluding hydrogens is 224 g/mol. The summed E-state index contributed by atoms with van der Waals surface area (Å²) < 4.78 is 22.5. The van der Waals surface area contributed by atoms with Crippen LogP contribution in [0, 0.1) is 6.92 Å². The largest absolute Gasteiger partial charge is 0.274 e. The third-order valence-electron chi connectivity index (χ3n) is 1.77. The van der Waals surface area contributed by atoms with Gasteiger partial charge in [0.05, 0.1) is 0 Å². The molecule has 0 radical (unpaired) electrons. The normalized spacial score (nSPS) is 10.4. The SMILES string of the molecule is CCCCNS(N)(=O)=O.Cc1ccccc1. The first kappa shape index (κ1) is 15.1. The van der Waals surface area contributed by atoms with Crippen LogP contribution in [-0.2, 0) is 10.2 Å². The van der Waals surface area contributed by atoms with Crippen molar-refractivity contribution in [2.24, 2.45) is 5.14 Å². The summed E-state index contributed by atoms with van der Waals surface area (Å²) in [5.74, 6) is 0. The Labute approximate surface area is 98.0 Å². The molecule has 0 spiro atoms. The molecule has 0 aliphatic rings. The lowest BCUT2D eigenvalue weighted by molar-refractivity contribution is 0.580. The summed E-state index contributed by atoms with van der Waals surface area (Å²) in [7, 11) is -3.45. The maximum absolute atomic E-state index is 10.2. The summed E-state index contributed by atoms with van der Waals surface area (Å²) in [5.41, 5.74) is 1.32. The topological polar surface area (TPSA) is 72.2 Å². The van der Waals surface area contributed by atoms with Crippen molar-refractivity contribution < 1.29 is 8.42 Å². The molecule has 5 heteroatoms. The van der Waals surface area contributed by atoms with E-state index in [0.717, 1.165) is 12.8 Å². The van der Waals surface area contributed by atoms with Gasteiger partial charge in [0.1, 0.15) is 0 Å². The van der Waals surface area contributed by atoms with E-state index in [1.807, 2.05) is 25.1 Å². The highest BCUT2D eigenvalue weighted by Gasteiger charge is 1.96. The molecule has 0 saturated heterocycles. The second-order valence-electron chi connectivity index (χ2n) is 3.45. The number of aryl methyl sites for hydroxylation is 1. The van der Waals surface area contributed by atoms with Crippen molar-refractivity contribution in [1.29, 1.82) is 0 Å². The average Bonchev–Trinajstić information content (AvgIpc) is 2.18. The summed E-state index contributed by atoms with van der Waals surface area (Å²) in [6.45, 7) is 4.50. The molecule has 0 aromatic heterocycles. The van der Waals surface area contributed by atoms with Crippen LogP contribution in [0.3, 0.4) is 0 Å². The maximum Gasteiger partial charge on any atom is 0.274 e. The number of benzene rings is 1. The summed E-state index contributed by atoms with van der Waals surface area (Å²) in [6.07, 6.45) is 1.79. The number of nitrogens with one attached hydrogen (secondary N) is 1. The Morgan fingerprint density at radius 3 is 2.12 bits per heavy atom. The number of hydrogen-bond acceptors (Lipinski definition) is 2. The minimum absolute atomic E-state index is 0.440. The van der Waals surface area contributed by atoms with Gasteiger partial charge in [-0.3, -0.25) is 0 Å². The van der Waals surface area contributed by atoms with Crippen LogP contribution in [0.4, 0.5) is 0 Å². The molecule has 0 aliphatic heterocycles. The first-order valence-electron chi connectivity index (χ1n) is 5.24. The highest BCUT2D eigenvalue weighted by molar-refractivity contribution is 7.87. The summed E-state index contributed by atoms with van der Waals surface area (Å²) in [5, 5.41) is 4.64. The molecule has 0 fully saturated rings. The zero-order chi connectivity index (χ0) is 12.4. The van der Waals surface area contributed by atoms with E-state index >= 15 is 0 Å². The Morgan fingerprint density at radius 2 is 1.81 bits per heavy atom. The quantitative estimate of drug-likeness (QED) is 0.789. The molecule has 3 N–H and O–H groups in total. The van der Waals surface area contributed by atoms with Gasteiger partial charge < -0.3 is 0 Å². The molecule has 0 bridgehead atoms. The van der Waals surface area contributed by atoms with Crippen LogP contribution in [0.15, 0.2) is 30.3 Å². The van der Waals surface area contributed by atoms with Crippen LogP contribution in [0.2, 0.25) is 0 Å². The Balaban J connectivity index is 0.000000288. The summed E-state index contributed by atoms with van der Waals surface area (Å²) in [6, 6.07) is 10.3. The van der Waals surface area contributed by atoms with Crippen LogP contribution in [0.25, 0.3) is 0 Å². The van der Waals surface area contributed by atoms with Gasteiger partial charge in [0, 0.05) is 6.54 Å². The van der Waals surface area contributed by atoms with Crippen molar-refractivity contribution in [1.82, 2.24) is 4.72 Å². The number of unbranched alkanes of at least 4 members (excludes halogenated alkanes) is 1. The molecule has 1 aromatic rings. The van der Waals surface area contributed by atoms with Crippen molar-refractivity contribution in [3.05, 3.63) is 35.9 Å². The standard InChI is InChI=1S/C7H8.C4H12N2O2S/c1-7-5-3-2-4-6-7;1-2-3-4-6-9(5,7)8/h2-6H,1H3;6H,2-4H2,1H3,(H2,5,7,8). The molecule has 4 nitrogen and oxygen atoms in total. The molecular formula is C11H20N2O2S. The summed E-state index contributed by atoms with van der Waals surface area (Å²) in [4.78, 5) is 0. The van der Waals surface area contributed by atoms with Crippen molar-refractivity contribution >= 4 is 10.2 Å². The predicted molar refractivity (Wildman–Crippen MR) is 67.2 cm³/mol. The highest BCUT2D eigenvalue weighted by atomic mass is 32.2. The minimum atomic E-state index is -3.45. The van der Waals surface area contributed by atoms with E-state index in [1.54, 1.807) is 0 Å². The van der Waals surface area contributed by atoms with E-state index in [-0.39, 0.29) is 0 Å². The van der Waals surface area contributed by atoms with Gasteiger partial charge in [-0.05, 0) is 13.3 Å². The first-order valence-corrected chi connectivity index (χ1v) is 6.79. The first-order chi connectivity index (χ1) is 7.45. The fourth-order valence-corrected chi connectivity index (χ4v) is 1.35. The highest BCUT2D eigenvalue weighted by Crippen LogP contribution is 1.92. The Kier molecular flexibility index (Phi) is 7.80. The molecule has 0 aliphatic carbocycles. The third-order valence-corrected chi connectivity index (χ3v) is 2.38. The van der Waals surface area contributed by atoms with Gasteiger partial charge in [-0.1, -0.05) is 49.2 Å². The fourth-order valence-electron chi connectivity index (χ4n) is 0.926. The zero-order valence-corrected chi connectivity index (χ0v) is 10.6. The van der Waals surface area contributed by atoms with Crippen LogP contribution >= 0.6 is 0 Å². The zero-order valence-electron chi connectivity index (χ0n) is 9.81. The Bertz CT molecular complexity index is 363. The smallest absolute Gasteiger partial charge is 0.216 e. The molecule has 0 heterocycles. The van der Waals surface area contributed by atoms with Gasteiger partial charge in [-0.25, -0.2) is 9.86 Å². The van der Waals surface area contributed by atoms with Gasteiger partial charge in [-0.2, -0.15) is 8.42 Å². The molecule has 92 valence electrons. The lowest BCUT2D eigenvalue weighted by atomic mass is 10.2.